The molecule has 4 unspecified atom stereocenters. The van der Waals surface area contributed by atoms with Gasteiger partial charge in [-0.15, -0.1) is 0 Å². The van der Waals surface area contributed by atoms with Crippen LogP contribution in [0.25, 0.3) is 17.2 Å². The highest BCUT2D eigenvalue weighted by Gasteiger charge is 2.50. The maximum Gasteiger partial charge on any atom is 0.161 e. The van der Waals surface area contributed by atoms with Crippen LogP contribution in [0.15, 0.2) is 83.9 Å². The summed E-state index contributed by atoms with van der Waals surface area (Å²) < 4.78 is 27.2. The van der Waals surface area contributed by atoms with Crippen molar-refractivity contribution in [2.24, 2.45) is 4.99 Å². The van der Waals surface area contributed by atoms with E-state index in [-0.39, 0.29) is 43.5 Å². The van der Waals surface area contributed by atoms with Gasteiger partial charge in [0.2, 0.25) is 0 Å². The highest BCUT2D eigenvalue weighted by Crippen LogP contribution is 2.58. The van der Waals surface area contributed by atoms with Crippen LogP contribution < -0.4 is 35.4 Å². The summed E-state index contributed by atoms with van der Waals surface area (Å²) in [5, 5.41) is 51.8. The summed E-state index contributed by atoms with van der Waals surface area (Å²) in [5.41, 5.74) is 9.22. The largest absolute Gasteiger partial charge is 0.508 e. The average molecular weight is 854 g/mol. The third-order valence-corrected chi connectivity index (χ3v) is 13.3. The van der Waals surface area contributed by atoms with Gasteiger partial charge >= 0.3 is 0 Å². The average Bonchev–Trinajstić information content (AvgIpc) is 3.79. The molecule has 11 heteroatoms. The van der Waals surface area contributed by atoms with Crippen molar-refractivity contribution in [3.63, 3.8) is 0 Å². The van der Waals surface area contributed by atoms with Gasteiger partial charge in [0.15, 0.2) is 17.6 Å². The Balaban J connectivity index is 1.20. The van der Waals surface area contributed by atoms with Crippen molar-refractivity contribution in [2.45, 2.75) is 81.5 Å². The summed E-state index contributed by atoms with van der Waals surface area (Å²) in [6.07, 6.45) is 7.10. The zero-order valence-corrected chi connectivity index (χ0v) is 36.3. The number of aromatic hydroxyl groups is 2. The van der Waals surface area contributed by atoms with Crippen molar-refractivity contribution in [1.29, 1.82) is 0 Å². The van der Waals surface area contributed by atoms with Gasteiger partial charge < -0.3 is 44.7 Å². The number of rotatable bonds is 17. The lowest BCUT2D eigenvalue weighted by Crippen LogP contribution is -2.55. The molecular formula is C52H59N3O8. The first-order valence-electron chi connectivity index (χ1n) is 22.5. The van der Waals surface area contributed by atoms with Crippen LogP contribution >= 0.6 is 0 Å². The number of nitrogens with one attached hydrogen (secondary N) is 2. The lowest BCUT2D eigenvalue weighted by atomic mass is 9.70. The molecule has 0 amide bonds. The van der Waals surface area contributed by atoms with Crippen molar-refractivity contribution >= 4 is 6.08 Å². The highest BCUT2D eigenvalue weighted by atomic mass is 16.6. The van der Waals surface area contributed by atoms with E-state index in [9.17, 15) is 20.4 Å². The number of aliphatic hydroxyl groups excluding tert-OH is 2. The van der Waals surface area contributed by atoms with Crippen molar-refractivity contribution < 1.29 is 39.4 Å². The second-order valence-electron chi connectivity index (χ2n) is 17.5. The normalized spacial score (nSPS) is 20.5. The van der Waals surface area contributed by atoms with Gasteiger partial charge in [-0.2, -0.15) is 0 Å². The molecule has 11 nitrogen and oxygen atoms in total. The van der Waals surface area contributed by atoms with Crippen molar-refractivity contribution in [3.05, 3.63) is 134 Å². The molecule has 4 aliphatic rings. The van der Waals surface area contributed by atoms with Crippen LogP contribution in [0.4, 0.5) is 0 Å². The minimum atomic E-state index is -0.950. The number of phenolic OH excluding ortho intramolecular Hbond substituents is 2. The predicted molar refractivity (Wildman–Crippen MR) is 243 cm³/mol. The SMILES string of the molecule is CNCOC1(CNCCCc2ccccc2)Cc2c3c(c4c(c2OC1c1cc(CCCO)c(O)c(OC)c1)CCC(CO)O4)-c1ccc(O)cc1C(Cc1ccc2c(c1)=CCN=2)C3. The van der Waals surface area contributed by atoms with E-state index < -0.39 is 11.7 Å². The maximum atomic E-state index is 11.3. The molecule has 1 aliphatic carbocycles. The number of hydrogen-bond acceptors (Lipinski definition) is 11. The molecule has 0 spiro atoms. The second kappa shape index (κ2) is 18.7. The number of fused-ring (bicyclic) bond motifs is 9. The number of benzene rings is 5. The Labute approximate surface area is 369 Å². The smallest absolute Gasteiger partial charge is 0.161 e. The van der Waals surface area contributed by atoms with E-state index in [4.69, 9.17) is 18.9 Å². The molecule has 0 saturated carbocycles. The van der Waals surface area contributed by atoms with Crippen molar-refractivity contribution in [2.75, 3.05) is 53.7 Å². The maximum absolute atomic E-state index is 11.3. The third-order valence-electron chi connectivity index (χ3n) is 13.3. The van der Waals surface area contributed by atoms with Crippen LogP contribution in [0, 0.1) is 0 Å². The Kier molecular flexibility index (Phi) is 12.7. The molecule has 0 radical (unpaired) electrons. The second-order valence-corrected chi connectivity index (χ2v) is 17.5. The fourth-order valence-corrected chi connectivity index (χ4v) is 10.3. The molecule has 6 N–H and O–H groups in total. The van der Waals surface area contributed by atoms with Crippen LogP contribution in [0.5, 0.6) is 28.7 Å². The van der Waals surface area contributed by atoms with Crippen molar-refractivity contribution in [1.82, 2.24) is 10.6 Å². The minimum absolute atomic E-state index is 0.0159. The minimum Gasteiger partial charge on any atom is -0.508 e. The Morgan fingerprint density at radius 2 is 1.76 bits per heavy atom. The number of phenols is 2. The van der Waals surface area contributed by atoms with Gasteiger partial charge in [-0.1, -0.05) is 48.5 Å². The lowest BCUT2D eigenvalue weighted by molar-refractivity contribution is -0.128. The molecule has 3 heterocycles. The van der Waals surface area contributed by atoms with E-state index in [1.807, 2.05) is 37.4 Å². The predicted octanol–water partition coefficient (Wildman–Crippen LogP) is 5.51. The molecule has 3 aliphatic heterocycles. The summed E-state index contributed by atoms with van der Waals surface area (Å²) in [6.45, 7) is 2.04. The molecule has 9 rings (SSSR count). The molecule has 5 aromatic rings. The lowest BCUT2D eigenvalue weighted by Gasteiger charge is -2.47. The quantitative estimate of drug-likeness (QED) is 0.0522. The first kappa shape index (κ1) is 42.9. The number of aryl methyl sites for hydroxylation is 2. The van der Waals surface area contributed by atoms with Crippen LogP contribution in [-0.2, 0) is 43.3 Å². The molecule has 4 atom stereocenters. The number of aliphatic hydroxyl groups is 2. The monoisotopic (exact) mass is 853 g/mol. The van der Waals surface area contributed by atoms with E-state index in [1.165, 1.54) is 11.1 Å². The topological polar surface area (TPSA) is 154 Å². The molecular weight excluding hydrogens is 795 g/mol. The number of ether oxygens (including phenoxy) is 4. The first-order valence-corrected chi connectivity index (χ1v) is 22.5. The van der Waals surface area contributed by atoms with E-state index >= 15 is 0 Å². The van der Waals surface area contributed by atoms with Crippen molar-refractivity contribution in [3.8, 4) is 39.9 Å². The van der Waals surface area contributed by atoms with Crippen LogP contribution in [0.3, 0.4) is 0 Å². The van der Waals surface area contributed by atoms with Gasteiger partial charge in [-0.25, -0.2) is 0 Å². The molecule has 5 aromatic carbocycles. The summed E-state index contributed by atoms with van der Waals surface area (Å²) >= 11 is 0. The zero-order chi connectivity index (χ0) is 43.5. The number of hydrogen-bond donors (Lipinski definition) is 6. The fourth-order valence-electron chi connectivity index (χ4n) is 10.3. The zero-order valence-electron chi connectivity index (χ0n) is 36.3. The Morgan fingerprint density at radius 1 is 0.889 bits per heavy atom. The van der Waals surface area contributed by atoms with Gasteiger partial charge in [0, 0.05) is 36.3 Å². The van der Waals surface area contributed by atoms with Crippen LogP contribution in [0.2, 0.25) is 0 Å². The fraction of sp³-hybridized carbons (Fsp3) is 0.404. The van der Waals surface area contributed by atoms with Gasteiger partial charge in [0.05, 0.1) is 32.3 Å². The molecule has 0 fully saturated rings. The Morgan fingerprint density at radius 3 is 2.57 bits per heavy atom. The molecule has 0 bridgehead atoms. The summed E-state index contributed by atoms with van der Waals surface area (Å²) in [5.74, 6) is 2.12. The summed E-state index contributed by atoms with van der Waals surface area (Å²) in [4.78, 5) is 4.62. The summed E-state index contributed by atoms with van der Waals surface area (Å²) in [7, 11) is 3.42. The first-order chi connectivity index (χ1) is 30.8. The Hall–Kier alpha value is -5.43. The standard InChI is InChI=1S/C52H59N3O8/c1-53-31-61-52(30-54-19-6-10-32-8-4-3-5-9-32)28-44-43-25-36(23-33-12-17-45-34(22-33)18-20-55-45)42-27-38(58)13-15-40(42)47(43)50-41(16-14-39(29-57)62-50)49(44)63-51(52)37-24-35(11-7-21-56)48(59)46(26-37)60-2/h3-5,8-9,12-13,15,17-18,22,24,26-27,36,39,51,53-54,56-59H,6-7,10-11,14,16,19-21,23,25,28-31H2,1-2H3. The van der Waals surface area contributed by atoms with E-state index in [2.05, 4.69) is 64.2 Å². The molecule has 330 valence electrons. The van der Waals surface area contributed by atoms with E-state index in [0.29, 0.717) is 62.9 Å². The molecule has 63 heavy (non-hydrogen) atoms. The van der Waals surface area contributed by atoms with E-state index in [1.54, 1.807) is 13.2 Å². The van der Waals surface area contributed by atoms with Crippen LogP contribution in [0.1, 0.15) is 75.8 Å². The molecule has 0 saturated heterocycles. The number of nitrogens with zero attached hydrogens (tertiary/aromatic N) is 1. The third kappa shape index (κ3) is 8.53. The van der Waals surface area contributed by atoms with Crippen LogP contribution in [-0.4, -0.2) is 85.9 Å². The summed E-state index contributed by atoms with van der Waals surface area (Å²) in [6, 6.07) is 26.5. The Bertz CT molecular complexity index is 2580. The van der Waals surface area contributed by atoms with Gasteiger partial charge in [0.25, 0.3) is 0 Å². The van der Waals surface area contributed by atoms with E-state index in [0.717, 1.165) is 86.8 Å². The number of methoxy groups -OCH3 is 1. The van der Waals surface area contributed by atoms with Gasteiger partial charge in [0.1, 0.15) is 29.0 Å². The molecule has 0 aromatic heterocycles. The highest BCUT2D eigenvalue weighted by molar-refractivity contribution is 5.85. The van der Waals surface area contributed by atoms with Gasteiger partial charge in [-0.3, -0.25) is 10.3 Å². The van der Waals surface area contributed by atoms with Gasteiger partial charge in [-0.05, 0) is 151 Å².